The van der Waals surface area contributed by atoms with Gasteiger partial charge in [0.2, 0.25) is 10.0 Å². The Balaban J connectivity index is 2.02. The molecule has 0 aromatic heterocycles. The SMILES string of the molecule is CCCCCNS(=O)(=O)c1ccc(N2CCOC2=O)cc1. The lowest BCUT2D eigenvalue weighted by atomic mass is 10.3. The quantitative estimate of drug-likeness (QED) is 0.782. The number of anilines is 1. The van der Waals surface area contributed by atoms with Gasteiger partial charge in [-0.3, -0.25) is 4.90 Å². The third kappa shape index (κ3) is 3.95. The standard InChI is InChI=1S/C14H20N2O4S/c1-2-3-4-9-15-21(18,19)13-7-5-12(6-8-13)16-10-11-20-14(16)17/h5-8,15H,2-4,9-11H2,1H3. The summed E-state index contributed by atoms with van der Waals surface area (Å²) < 4.78 is 31.6. The van der Waals surface area contributed by atoms with Crippen LogP contribution in [0, 0.1) is 0 Å². The van der Waals surface area contributed by atoms with Gasteiger partial charge in [-0.1, -0.05) is 19.8 Å². The summed E-state index contributed by atoms with van der Waals surface area (Å²) in [5, 5.41) is 0. The maximum Gasteiger partial charge on any atom is 0.414 e. The van der Waals surface area contributed by atoms with Crippen molar-refractivity contribution >= 4 is 21.8 Å². The zero-order chi connectivity index (χ0) is 15.3. The summed E-state index contributed by atoms with van der Waals surface area (Å²) >= 11 is 0. The molecule has 0 saturated carbocycles. The fourth-order valence-corrected chi connectivity index (χ4v) is 3.17. The molecule has 0 bridgehead atoms. The molecule has 0 atom stereocenters. The summed E-state index contributed by atoms with van der Waals surface area (Å²) in [5.41, 5.74) is 0.641. The Morgan fingerprint density at radius 3 is 2.52 bits per heavy atom. The van der Waals surface area contributed by atoms with Crippen molar-refractivity contribution < 1.29 is 17.9 Å². The highest BCUT2D eigenvalue weighted by atomic mass is 32.2. The molecule has 1 aromatic carbocycles. The molecular formula is C14H20N2O4S. The van der Waals surface area contributed by atoms with Crippen molar-refractivity contribution in [1.82, 2.24) is 4.72 Å². The topological polar surface area (TPSA) is 75.7 Å². The maximum atomic E-state index is 12.1. The summed E-state index contributed by atoms with van der Waals surface area (Å²) in [6.07, 6.45) is 2.47. The smallest absolute Gasteiger partial charge is 0.414 e. The lowest BCUT2D eigenvalue weighted by molar-refractivity contribution is 0.181. The number of carbonyl (C=O) groups excluding carboxylic acids is 1. The second kappa shape index (κ2) is 6.91. The summed E-state index contributed by atoms with van der Waals surface area (Å²) in [4.78, 5) is 13.1. The van der Waals surface area contributed by atoms with Crippen LogP contribution in [-0.2, 0) is 14.8 Å². The fraction of sp³-hybridized carbons (Fsp3) is 0.500. The van der Waals surface area contributed by atoms with Crippen LogP contribution in [0.3, 0.4) is 0 Å². The van der Waals surface area contributed by atoms with Crippen LogP contribution < -0.4 is 9.62 Å². The largest absolute Gasteiger partial charge is 0.447 e. The van der Waals surface area contributed by atoms with E-state index in [4.69, 9.17) is 4.74 Å². The fourth-order valence-electron chi connectivity index (χ4n) is 2.10. The number of ether oxygens (including phenoxy) is 1. The normalized spacial score (nSPS) is 15.3. The van der Waals surface area contributed by atoms with E-state index in [0.717, 1.165) is 19.3 Å². The van der Waals surface area contributed by atoms with E-state index < -0.39 is 16.1 Å². The number of amides is 1. The molecular weight excluding hydrogens is 292 g/mol. The van der Waals surface area contributed by atoms with Crippen LogP contribution in [0.25, 0.3) is 0 Å². The Kier molecular flexibility index (Phi) is 5.19. The van der Waals surface area contributed by atoms with Gasteiger partial charge in [0.15, 0.2) is 0 Å². The van der Waals surface area contributed by atoms with Gasteiger partial charge in [0.1, 0.15) is 6.61 Å². The third-order valence-corrected chi connectivity index (χ3v) is 4.77. The molecule has 0 spiro atoms. The van der Waals surface area contributed by atoms with Gasteiger partial charge in [-0.2, -0.15) is 0 Å². The number of hydrogen-bond donors (Lipinski definition) is 1. The predicted octanol–water partition coefficient (Wildman–Crippen LogP) is 2.11. The second-order valence-electron chi connectivity index (χ2n) is 4.86. The Morgan fingerprint density at radius 1 is 1.24 bits per heavy atom. The molecule has 1 fully saturated rings. The van der Waals surface area contributed by atoms with Crippen molar-refractivity contribution in [2.45, 2.75) is 31.1 Å². The molecule has 7 heteroatoms. The van der Waals surface area contributed by atoms with Crippen molar-refractivity contribution in [2.24, 2.45) is 0 Å². The first kappa shape index (κ1) is 15.8. The van der Waals surface area contributed by atoms with Crippen LogP contribution in [0.15, 0.2) is 29.2 Å². The zero-order valence-corrected chi connectivity index (χ0v) is 12.9. The minimum atomic E-state index is -3.48. The highest BCUT2D eigenvalue weighted by molar-refractivity contribution is 7.89. The summed E-state index contributed by atoms with van der Waals surface area (Å²) in [6, 6.07) is 6.24. The highest BCUT2D eigenvalue weighted by Gasteiger charge is 2.24. The van der Waals surface area contributed by atoms with Gasteiger partial charge in [0, 0.05) is 12.2 Å². The van der Waals surface area contributed by atoms with Crippen molar-refractivity contribution in [2.75, 3.05) is 24.6 Å². The highest BCUT2D eigenvalue weighted by Crippen LogP contribution is 2.20. The lowest BCUT2D eigenvalue weighted by Gasteiger charge is -2.13. The number of nitrogens with zero attached hydrogens (tertiary/aromatic N) is 1. The number of carbonyl (C=O) groups is 1. The summed E-state index contributed by atoms with van der Waals surface area (Å²) in [7, 11) is -3.48. The molecule has 21 heavy (non-hydrogen) atoms. The molecule has 0 radical (unpaired) electrons. The average molecular weight is 312 g/mol. The molecule has 1 heterocycles. The molecule has 1 aliphatic rings. The Labute approximate surface area is 125 Å². The van der Waals surface area contributed by atoms with E-state index in [0.29, 0.717) is 25.4 Å². The Hall–Kier alpha value is -1.60. The van der Waals surface area contributed by atoms with E-state index in [1.165, 1.54) is 17.0 Å². The van der Waals surface area contributed by atoms with Gasteiger partial charge in [-0.15, -0.1) is 0 Å². The van der Waals surface area contributed by atoms with E-state index in [2.05, 4.69) is 11.6 Å². The van der Waals surface area contributed by atoms with Crippen LogP contribution in [0.5, 0.6) is 0 Å². The van der Waals surface area contributed by atoms with Gasteiger partial charge in [-0.05, 0) is 30.7 Å². The molecule has 1 aliphatic heterocycles. The Bertz CT molecular complexity index is 583. The zero-order valence-electron chi connectivity index (χ0n) is 12.0. The maximum absolute atomic E-state index is 12.1. The van der Waals surface area contributed by atoms with E-state index in [1.807, 2.05) is 0 Å². The van der Waals surface area contributed by atoms with Crippen molar-refractivity contribution in [3.8, 4) is 0 Å². The first-order valence-corrected chi connectivity index (χ1v) is 8.57. The molecule has 1 amide bonds. The number of benzene rings is 1. The third-order valence-electron chi connectivity index (χ3n) is 3.29. The van der Waals surface area contributed by atoms with Crippen molar-refractivity contribution in [3.05, 3.63) is 24.3 Å². The number of unbranched alkanes of at least 4 members (excludes halogenated alkanes) is 2. The molecule has 1 N–H and O–H groups in total. The lowest BCUT2D eigenvalue weighted by Crippen LogP contribution is -2.25. The van der Waals surface area contributed by atoms with Gasteiger partial charge in [0.05, 0.1) is 11.4 Å². The van der Waals surface area contributed by atoms with Gasteiger partial charge >= 0.3 is 6.09 Å². The number of sulfonamides is 1. The van der Waals surface area contributed by atoms with Crippen LogP contribution >= 0.6 is 0 Å². The molecule has 0 aliphatic carbocycles. The van der Waals surface area contributed by atoms with E-state index >= 15 is 0 Å². The molecule has 1 saturated heterocycles. The summed E-state index contributed by atoms with van der Waals surface area (Å²) in [6.45, 7) is 3.35. The van der Waals surface area contributed by atoms with Crippen LogP contribution in [0.1, 0.15) is 26.2 Å². The number of hydrogen-bond acceptors (Lipinski definition) is 4. The second-order valence-corrected chi connectivity index (χ2v) is 6.63. The molecule has 2 rings (SSSR count). The van der Waals surface area contributed by atoms with Crippen LogP contribution in [-0.4, -0.2) is 34.2 Å². The molecule has 0 unspecified atom stereocenters. The van der Waals surface area contributed by atoms with Crippen LogP contribution in [0.4, 0.5) is 10.5 Å². The van der Waals surface area contributed by atoms with Crippen LogP contribution in [0.2, 0.25) is 0 Å². The van der Waals surface area contributed by atoms with Crippen molar-refractivity contribution in [3.63, 3.8) is 0 Å². The van der Waals surface area contributed by atoms with E-state index in [9.17, 15) is 13.2 Å². The predicted molar refractivity (Wildman–Crippen MR) is 79.8 cm³/mol. The monoisotopic (exact) mass is 312 g/mol. The van der Waals surface area contributed by atoms with E-state index in [1.54, 1.807) is 12.1 Å². The van der Waals surface area contributed by atoms with Gasteiger partial charge in [-0.25, -0.2) is 17.9 Å². The molecule has 1 aromatic rings. The van der Waals surface area contributed by atoms with E-state index in [-0.39, 0.29) is 4.90 Å². The number of rotatable bonds is 7. The first-order chi connectivity index (χ1) is 10.0. The summed E-state index contributed by atoms with van der Waals surface area (Å²) in [5.74, 6) is 0. The molecule has 116 valence electrons. The minimum absolute atomic E-state index is 0.204. The van der Waals surface area contributed by atoms with Gasteiger partial charge < -0.3 is 4.74 Å². The average Bonchev–Trinajstić information content (AvgIpc) is 2.90. The first-order valence-electron chi connectivity index (χ1n) is 7.08. The number of cyclic esters (lactones) is 1. The Morgan fingerprint density at radius 2 is 1.95 bits per heavy atom. The van der Waals surface area contributed by atoms with Gasteiger partial charge in [0.25, 0.3) is 0 Å². The van der Waals surface area contributed by atoms with Crippen molar-refractivity contribution in [1.29, 1.82) is 0 Å². The number of nitrogens with one attached hydrogen (secondary N) is 1. The molecule has 6 nitrogen and oxygen atoms in total. The minimum Gasteiger partial charge on any atom is -0.447 e.